The summed E-state index contributed by atoms with van der Waals surface area (Å²) in [6.07, 6.45) is -0.760. The first-order chi connectivity index (χ1) is 13.1. The Hall–Kier alpha value is -2.40. The second kappa shape index (κ2) is 7.31. The maximum absolute atomic E-state index is 10.5. The van der Waals surface area contributed by atoms with Crippen LogP contribution in [0, 0.1) is 0 Å². The van der Waals surface area contributed by atoms with E-state index in [9.17, 15) is 10.2 Å². The highest BCUT2D eigenvalue weighted by Crippen LogP contribution is 2.36. The molecule has 27 heavy (non-hydrogen) atoms. The van der Waals surface area contributed by atoms with Gasteiger partial charge in [0, 0.05) is 10.6 Å². The molecule has 4 atom stereocenters. The molecule has 1 aliphatic rings. The van der Waals surface area contributed by atoms with E-state index in [0.29, 0.717) is 16.9 Å². The van der Waals surface area contributed by atoms with Gasteiger partial charge >= 0.3 is 0 Å². The fourth-order valence-electron chi connectivity index (χ4n) is 3.06. The SMILES string of the molecule is COc1ccccc1SC[C@H]1O[C@@H](n2cnc3c(N)ncnc32)[C@H](O)[C@@H]1O. The van der Waals surface area contributed by atoms with Crippen LogP contribution in [0.2, 0.25) is 0 Å². The molecule has 0 amide bonds. The van der Waals surface area contributed by atoms with Crippen LogP contribution in [0.15, 0.2) is 41.8 Å². The fraction of sp³-hybridized carbons (Fsp3) is 0.353. The number of nitrogens with zero attached hydrogens (tertiary/aromatic N) is 4. The average Bonchev–Trinajstić information content (AvgIpc) is 3.23. The molecule has 1 fully saturated rings. The standard InChI is InChI=1S/C17H19N5O4S/c1-25-9-4-2-3-5-11(9)27-6-10-13(23)14(24)17(26-10)22-8-21-12-15(18)19-7-20-16(12)22/h2-5,7-8,10,13-14,17,23-24H,6H2,1H3,(H2,18,19,20)/t10-,13-,14-,17-/m1/s1. The summed E-state index contributed by atoms with van der Waals surface area (Å²) in [6.45, 7) is 0. The molecule has 9 nitrogen and oxygen atoms in total. The number of para-hydroxylation sites is 1. The number of anilines is 1. The van der Waals surface area contributed by atoms with Crippen LogP contribution in [0.1, 0.15) is 6.23 Å². The lowest BCUT2D eigenvalue weighted by Crippen LogP contribution is -2.32. The zero-order valence-corrected chi connectivity index (χ0v) is 15.3. The van der Waals surface area contributed by atoms with Crippen molar-refractivity contribution in [3.8, 4) is 5.75 Å². The van der Waals surface area contributed by atoms with Gasteiger partial charge in [-0.3, -0.25) is 4.57 Å². The van der Waals surface area contributed by atoms with E-state index in [0.717, 1.165) is 10.6 Å². The van der Waals surface area contributed by atoms with Gasteiger partial charge in [-0.15, -0.1) is 11.8 Å². The number of thioether (sulfide) groups is 1. The molecule has 142 valence electrons. The zero-order chi connectivity index (χ0) is 19.0. The molecule has 0 bridgehead atoms. The summed E-state index contributed by atoms with van der Waals surface area (Å²) in [7, 11) is 1.61. The van der Waals surface area contributed by atoms with Crippen molar-refractivity contribution >= 4 is 28.7 Å². The van der Waals surface area contributed by atoms with Crippen molar-refractivity contribution in [3.63, 3.8) is 0 Å². The molecule has 3 heterocycles. The number of ether oxygens (including phenoxy) is 2. The molecule has 0 saturated carbocycles. The van der Waals surface area contributed by atoms with E-state index in [2.05, 4.69) is 15.0 Å². The molecule has 1 saturated heterocycles. The van der Waals surface area contributed by atoms with Crippen molar-refractivity contribution in [1.29, 1.82) is 0 Å². The number of fused-ring (bicyclic) bond motifs is 1. The Labute approximate surface area is 159 Å². The van der Waals surface area contributed by atoms with E-state index in [1.54, 1.807) is 11.7 Å². The van der Waals surface area contributed by atoms with Crippen molar-refractivity contribution in [3.05, 3.63) is 36.9 Å². The van der Waals surface area contributed by atoms with Crippen LogP contribution in [-0.4, -0.2) is 60.9 Å². The van der Waals surface area contributed by atoms with Crippen molar-refractivity contribution in [2.75, 3.05) is 18.6 Å². The normalized spacial score (nSPS) is 25.1. The first kappa shape index (κ1) is 18.0. The minimum absolute atomic E-state index is 0.245. The molecule has 0 spiro atoms. The molecule has 1 aromatic carbocycles. The van der Waals surface area contributed by atoms with E-state index < -0.39 is 24.5 Å². The summed E-state index contributed by atoms with van der Waals surface area (Å²) in [5.41, 5.74) is 6.67. The maximum atomic E-state index is 10.5. The summed E-state index contributed by atoms with van der Waals surface area (Å²) < 4.78 is 12.8. The fourth-order valence-corrected chi connectivity index (χ4v) is 4.15. The van der Waals surface area contributed by atoms with Crippen LogP contribution in [0.5, 0.6) is 5.75 Å². The maximum Gasteiger partial charge on any atom is 0.167 e. The third kappa shape index (κ3) is 3.21. The molecule has 0 radical (unpaired) electrons. The molecular weight excluding hydrogens is 370 g/mol. The summed E-state index contributed by atoms with van der Waals surface area (Å²) in [5.74, 6) is 1.44. The van der Waals surface area contributed by atoms with Crippen molar-refractivity contribution < 1.29 is 19.7 Å². The number of aromatic nitrogens is 4. The van der Waals surface area contributed by atoms with Crippen LogP contribution < -0.4 is 10.5 Å². The van der Waals surface area contributed by atoms with Gasteiger partial charge in [0.15, 0.2) is 17.7 Å². The number of imidazole rings is 1. The van der Waals surface area contributed by atoms with Crippen molar-refractivity contribution in [1.82, 2.24) is 19.5 Å². The molecule has 2 aromatic heterocycles. The van der Waals surface area contributed by atoms with E-state index in [-0.39, 0.29) is 5.82 Å². The number of nitrogen functional groups attached to an aromatic ring is 1. The van der Waals surface area contributed by atoms with E-state index in [4.69, 9.17) is 15.2 Å². The van der Waals surface area contributed by atoms with Crippen molar-refractivity contribution in [2.45, 2.75) is 29.4 Å². The van der Waals surface area contributed by atoms with Gasteiger partial charge in [-0.1, -0.05) is 12.1 Å². The predicted octanol–water partition coefficient (Wildman–Crippen LogP) is 0.829. The highest BCUT2D eigenvalue weighted by molar-refractivity contribution is 7.99. The highest BCUT2D eigenvalue weighted by Gasteiger charge is 2.44. The van der Waals surface area contributed by atoms with Crippen molar-refractivity contribution in [2.24, 2.45) is 0 Å². The summed E-state index contributed by atoms with van der Waals surface area (Å²) in [4.78, 5) is 13.2. The Balaban J connectivity index is 1.53. The Bertz CT molecular complexity index is 952. The van der Waals surface area contributed by atoms with Crippen LogP contribution >= 0.6 is 11.8 Å². The smallest absolute Gasteiger partial charge is 0.167 e. The summed E-state index contributed by atoms with van der Waals surface area (Å²) in [5, 5.41) is 20.9. The van der Waals surface area contributed by atoms with Crippen LogP contribution in [0.25, 0.3) is 11.2 Å². The van der Waals surface area contributed by atoms with Gasteiger partial charge in [0.1, 0.15) is 29.8 Å². The van der Waals surface area contributed by atoms with Gasteiger partial charge in [0.05, 0.1) is 19.5 Å². The molecule has 0 unspecified atom stereocenters. The molecule has 3 aromatic rings. The number of methoxy groups -OCH3 is 1. The second-order valence-electron chi connectivity index (χ2n) is 6.09. The molecular formula is C17H19N5O4S. The number of rotatable bonds is 5. The number of hydrogen-bond donors (Lipinski definition) is 3. The predicted molar refractivity (Wildman–Crippen MR) is 99.4 cm³/mol. The highest BCUT2D eigenvalue weighted by atomic mass is 32.2. The van der Waals surface area contributed by atoms with E-state index >= 15 is 0 Å². The first-order valence-corrected chi connectivity index (χ1v) is 9.29. The van der Waals surface area contributed by atoms with Gasteiger partial charge in [-0.2, -0.15) is 0 Å². The lowest BCUT2D eigenvalue weighted by Gasteiger charge is -2.16. The molecule has 1 aliphatic heterocycles. The number of aliphatic hydroxyl groups is 2. The lowest BCUT2D eigenvalue weighted by molar-refractivity contribution is -0.0289. The molecule has 4 rings (SSSR count). The van der Waals surface area contributed by atoms with Gasteiger partial charge in [0.2, 0.25) is 0 Å². The van der Waals surface area contributed by atoms with Gasteiger partial charge < -0.3 is 25.4 Å². The summed E-state index contributed by atoms with van der Waals surface area (Å²) >= 11 is 1.49. The Morgan fingerprint density at radius 3 is 2.85 bits per heavy atom. The minimum atomic E-state index is -1.12. The van der Waals surface area contributed by atoms with Crippen LogP contribution in [0.4, 0.5) is 5.82 Å². The second-order valence-corrected chi connectivity index (χ2v) is 7.15. The number of benzene rings is 1. The van der Waals surface area contributed by atoms with E-state index in [1.807, 2.05) is 24.3 Å². The quantitative estimate of drug-likeness (QED) is 0.543. The molecule has 4 N–H and O–H groups in total. The Kier molecular flexibility index (Phi) is 4.87. The third-order valence-corrected chi connectivity index (χ3v) is 5.61. The largest absolute Gasteiger partial charge is 0.496 e. The Morgan fingerprint density at radius 1 is 1.22 bits per heavy atom. The minimum Gasteiger partial charge on any atom is -0.496 e. The number of aliphatic hydroxyl groups excluding tert-OH is 2. The topological polar surface area (TPSA) is 129 Å². The first-order valence-electron chi connectivity index (χ1n) is 8.30. The molecule has 0 aliphatic carbocycles. The van der Waals surface area contributed by atoms with Gasteiger partial charge in [-0.25, -0.2) is 15.0 Å². The molecule has 10 heteroatoms. The van der Waals surface area contributed by atoms with Crippen LogP contribution in [-0.2, 0) is 4.74 Å². The zero-order valence-electron chi connectivity index (χ0n) is 14.5. The monoisotopic (exact) mass is 389 g/mol. The van der Waals surface area contributed by atoms with Crippen LogP contribution in [0.3, 0.4) is 0 Å². The third-order valence-electron chi connectivity index (χ3n) is 4.47. The van der Waals surface area contributed by atoms with Gasteiger partial charge in [-0.05, 0) is 12.1 Å². The average molecular weight is 389 g/mol. The lowest BCUT2D eigenvalue weighted by atomic mass is 10.1. The number of nitrogens with two attached hydrogens (primary N) is 1. The number of hydrogen-bond acceptors (Lipinski definition) is 9. The summed E-state index contributed by atoms with van der Waals surface area (Å²) in [6, 6.07) is 7.60. The Morgan fingerprint density at radius 2 is 2.04 bits per heavy atom. The van der Waals surface area contributed by atoms with E-state index in [1.165, 1.54) is 24.4 Å². The van der Waals surface area contributed by atoms with Gasteiger partial charge in [0.25, 0.3) is 0 Å².